The molecule has 7 heteroatoms. The number of unbranched alkanes of at least 4 members (excludes halogenated alkanes) is 1. The second-order valence-corrected chi connectivity index (χ2v) is 8.40. The van der Waals surface area contributed by atoms with Crippen LogP contribution in [0.5, 0.6) is 0 Å². The number of aliphatic hydroxyl groups excluding tert-OH is 1. The van der Waals surface area contributed by atoms with Gasteiger partial charge in [-0.1, -0.05) is 29.1 Å². The molecule has 35 heavy (non-hydrogen) atoms. The predicted molar refractivity (Wildman–Crippen MR) is 132 cm³/mol. The van der Waals surface area contributed by atoms with Crippen LogP contribution in [0.1, 0.15) is 60.5 Å². The molecule has 0 fully saturated rings. The number of hydrogen-bond acceptors (Lipinski definition) is 5. The van der Waals surface area contributed by atoms with E-state index in [0.29, 0.717) is 24.6 Å². The number of benzene rings is 2. The van der Waals surface area contributed by atoms with Gasteiger partial charge in [-0.25, -0.2) is 4.98 Å². The molecule has 4 rings (SSSR count). The van der Waals surface area contributed by atoms with E-state index < -0.39 is 12.1 Å². The Hall–Kier alpha value is -4.15. The third-order valence-electron chi connectivity index (χ3n) is 5.59. The maximum Gasteiger partial charge on any atom is 0.303 e. The second-order valence-electron chi connectivity index (χ2n) is 8.40. The van der Waals surface area contributed by atoms with E-state index in [2.05, 4.69) is 22.0 Å². The number of nitrogens with zero attached hydrogens (tertiary/aromatic N) is 3. The Morgan fingerprint density at radius 1 is 1.06 bits per heavy atom. The van der Waals surface area contributed by atoms with E-state index in [0.717, 1.165) is 35.2 Å². The molecule has 2 aromatic carbocycles. The third kappa shape index (κ3) is 6.69. The van der Waals surface area contributed by atoms with E-state index in [9.17, 15) is 9.90 Å². The zero-order chi connectivity index (χ0) is 24.6. The molecular formula is C28H27N3O4. The molecule has 0 saturated carbocycles. The lowest BCUT2D eigenvalue weighted by atomic mass is 10.0. The van der Waals surface area contributed by atoms with Crippen LogP contribution in [0, 0.1) is 11.8 Å². The summed E-state index contributed by atoms with van der Waals surface area (Å²) in [4.78, 5) is 14.8. The van der Waals surface area contributed by atoms with Crippen LogP contribution in [0.4, 0.5) is 0 Å². The first kappa shape index (κ1) is 24.0. The molecule has 0 saturated heterocycles. The molecule has 1 atom stereocenters. The molecule has 0 spiro atoms. The smallest absolute Gasteiger partial charge is 0.303 e. The van der Waals surface area contributed by atoms with Crippen molar-refractivity contribution in [3.05, 3.63) is 95.2 Å². The highest BCUT2D eigenvalue weighted by Gasteiger charge is 2.12. The van der Waals surface area contributed by atoms with E-state index in [1.807, 2.05) is 59.2 Å². The van der Waals surface area contributed by atoms with E-state index >= 15 is 0 Å². The van der Waals surface area contributed by atoms with Gasteiger partial charge in [0.15, 0.2) is 5.76 Å². The first-order valence-electron chi connectivity index (χ1n) is 11.6. The first-order valence-corrected chi connectivity index (χ1v) is 11.6. The topological polar surface area (TPSA) is 101 Å². The van der Waals surface area contributed by atoms with Gasteiger partial charge in [0, 0.05) is 41.6 Å². The Balaban J connectivity index is 1.34. The number of rotatable bonds is 9. The van der Waals surface area contributed by atoms with Crippen LogP contribution in [0.15, 0.2) is 71.5 Å². The van der Waals surface area contributed by atoms with E-state index in [4.69, 9.17) is 9.63 Å². The molecule has 0 radical (unpaired) electrons. The fraction of sp³-hybridized carbons (Fsp3) is 0.250. The van der Waals surface area contributed by atoms with Crippen molar-refractivity contribution in [1.29, 1.82) is 0 Å². The van der Waals surface area contributed by atoms with Gasteiger partial charge in [0.2, 0.25) is 0 Å². The molecular weight excluding hydrogens is 442 g/mol. The number of aliphatic carboxylic acids is 1. The standard InChI is InChI=1S/C28H27N3O4/c1-20(32)28-29-16-17-31(28)19-25-18-26(35-30-25)24-14-12-23(13-15-24)11-10-22-8-6-21(7-9-22)4-2-3-5-27(33)34/h6-9,12-18,20,32H,2-5,19H2,1H3,(H,33,34)/t20-/m0/s1. The lowest BCUT2D eigenvalue weighted by Crippen LogP contribution is -2.07. The van der Waals surface area contributed by atoms with Crippen LogP contribution in [-0.2, 0) is 17.8 Å². The van der Waals surface area contributed by atoms with Crippen molar-refractivity contribution in [3.8, 4) is 23.2 Å². The minimum Gasteiger partial charge on any atom is -0.481 e. The average molecular weight is 470 g/mol. The summed E-state index contributed by atoms with van der Waals surface area (Å²) in [5.41, 5.74) is 4.66. The summed E-state index contributed by atoms with van der Waals surface area (Å²) in [5.74, 6) is 6.87. The van der Waals surface area contributed by atoms with E-state index in [1.165, 1.54) is 5.56 Å². The van der Waals surface area contributed by atoms with Gasteiger partial charge in [-0.3, -0.25) is 4.79 Å². The minimum atomic E-state index is -0.744. The van der Waals surface area contributed by atoms with Crippen LogP contribution >= 0.6 is 0 Å². The Kier molecular flexibility index (Phi) is 7.76. The summed E-state index contributed by atoms with van der Waals surface area (Å²) in [6.45, 7) is 2.15. The van der Waals surface area contributed by atoms with Crippen LogP contribution in [0.25, 0.3) is 11.3 Å². The summed E-state index contributed by atoms with van der Waals surface area (Å²) < 4.78 is 7.36. The summed E-state index contributed by atoms with van der Waals surface area (Å²) >= 11 is 0. The largest absolute Gasteiger partial charge is 0.481 e. The molecule has 2 aromatic heterocycles. The van der Waals surface area contributed by atoms with Gasteiger partial charge >= 0.3 is 5.97 Å². The van der Waals surface area contributed by atoms with Crippen molar-refractivity contribution in [3.63, 3.8) is 0 Å². The summed E-state index contributed by atoms with van der Waals surface area (Å²) in [7, 11) is 0. The van der Waals surface area contributed by atoms with Gasteiger partial charge in [0.25, 0.3) is 0 Å². The fourth-order valence-corrected chi connectivity index (χ4v) is 3.74. The predicted octanol–water partition coefficient (Wildman–Crippen LogP) is 4.84. The van der Waals surface area contributed by atoms with Gasteiger partial charge in [-0.2, -0.15) is 0 Å². The number of aromatic nitrogens is 3. The van der Waals surface area contributed by atoms with Crippen molar-refractivity contribution >= 4 is 5.97 Å². The molecule has 0 bridgehead atoms. The Bertz CT molecular complexity index is 1320. The van der Waals surface area contributed by atoms with Crippen LogP contribution in [0.3, 0.4) is 0 Å². The Morgan fingerprint density at radius 2 is 1.74 bits per heavy atom. The number of aliphatic hydroxyl groups is 1. The normalized spacial score (nSPS) is 11.6. The molecule has 0 aliphatic rings. The molecule has 0 amide bonds. The number of aryl methyl sites for hydroxylation is 1. The monoisotopic (exact) mass is 469 g/mol. The highest BCUT2D eigenvalue weighted by Crippen LogP contribution is 2.22. The molecule has 0 unspecified atom stereocenters. The molecule has 0 aliphatic carbocycles. The van der Waals surface area contributed by atoms with Gasteiger partial charge in [-0.05, 0) is 68.1 Å². The summed E-state index contributed by atoms with van der Waals surface area (Å²) in [6, 6.07) is 17.8. The lowest BCUT2D eigenvalue weighted by Gasteiger charge is -2.07. The van der Waals surface area contributed by atoms with Gasteiger partial charge < -0.3 is 19.3 Å². The summed E-state index contributed by atoms with van der Waals surface area (Å²) in [6.07, 6.45) is 5.45. The zero-order valence-electron chi connectivity index (χ0n) is 19.5. The van der Waals surface area contributed by atoms with Crippen molar-refractivity contribution < 1.29 is 19.5 Å². The third-order valence-corrected chi connectivity index (χ3v) is 5.59. The van der Waals surface area contributed by atoms with Crippen molar-refractivity contribution in [2.24, 2.45) is 0 Å². The van der Waals surface area contributed by atoms with E-state index in [-0.39, 0.29) is 6.42 Å². The SMILES string of the molecule is C[C@H](O)c1nccn1Cc1cc(-c2ccc(C#Cc3ccc(CCCCC(=O)O)cc3)cc2)on1. The maximum absolute atomic E-state index is 10.6. The summed E-state index contributed by atoms with van der Waals surface area (Å²) in [5, 5.41) is 22.7. The minimum absolute atomic E-state index is 0.219. The zero-order valence-corrected chi connectivity index (χ0v) is 19.5. The average Bonchev–Trinajstić information content (AvgIpc) is 3.52. The van der Waals surface area contributed by atoms with Crippen LogP contribution < -0.4 is 0 Å². The fourth-order valence-electron chi connectivity index (χ4n) is 3.74. The maximum atomic E-state index is 10.6. The van der Waals surface area contributed by atoms with Crippen molar-refractivity contribution in [2.45, 2.75) is 45.3 Å². The second kappa shape index (κ2) is 11.3. The number of carboxylic acids is 1. The lowest BCUT2D eigenvalue weighted by molar-refractivity contribution is -0.137. The number of carbonyl (C=O) groups is 1. The van der Waals surface area contributed by atoms with Crippen molar-refractivity contribution in [1.82, 2.24) is 14.7 Å². The van der Waals surface area contributed by atoms with Gasteiger partial charge in [0.05, 0.1) is 6.54 Å². The molecule has 7 nitrogen and oxygen atoms in total. The van der Waals surface area contributed by atoms with E-state index in [1.54, 1.807) is 19.3 Å². The first-order chi connectivity index (χ1) is 17.0. The molecule has 2 heterocycles. The van der Waals surface area contributed by atoms with Crippen LogP contribution in [0.2, 0.25) is 0 Å². The Morgan fingerprint density at radius 3 is 2.40 bits per heavy atom. The van der Waals surface area contributed by atoms with Crippen LogP contribution in [-0.4, -0.2) is 30.9 Å². The number of carboxylic acid groups (broad SMARTS) is 1. The number of hydrogen-bond donors (Lipinski definition) is 2. The Labute approximate surface area is 204 Å². The molecule has 4 aromatic rings. The van der Waals surface area contributed by atoms with Crippen molar-refractivity contribution in [2.75, 3.05) is 0 Å². The number of imidazole rings is 1. The van der Waals surface area contributed by atoms with Gasteiger partial charge in [-0.15, -0.1) is 0 Å². The molecule has 0 aliphatic heterocycles. The quantitative estimate of drug-likeness (QED) is 0.269. The highest BCUT2D eigenvalue weighted by atomic mass is 16.5. The molecule has 2 N–H and O–H groups in total. The highest BCUT2D eigenvalue weighted by molar-refractivity contribution is 5.66. The molecule has 178 valence electrons. The van der Waals surface area contributed by atoms with Gasteiger partial charge in [0.1, 0.15) is 17.6 Å².